The second-order valence-corrected chi connectivity index (χ2v) is 8.35. The summed E-state index contributed by atoms with van der Waals surface area (Å²) in [6.07, 6.45) is 1.64. The zero-order valence-corrected chi connectivity index (χ0v) is 17.2. The van der Waals surface area contributed by atoms with E-state index >= 15 is 0 Å². The molecule has 2 aromatic rings. The highest BCUT2D eigenvalue weighted by Crippen LogP contribution is 2.25. The number of sulfonamides is 1. The first kappa shape index (κ1) is 22.3. The summed E-state index contributed by atoms with van der Waals surface area (Å²) in [5.41, 5.74) is 0.101. The maximum Gasteiger partial charge on any atom is 0.270 e. The number of hydrogen-bond donors (Lipinski definition) is 1. The molecule has 0 saturated heterocycles. The smallest absolute Gasteiger partial charge is 0.270 e. The number of rotatable bonds is 9. The number of non-ortho nitro benzene ring substituents is 1. The number of hydrogen-bond acceptors (Lipinski definition) is 6. The summed E-state index contributed by atoms with van der Waals surface area (Å²) in [5.74, 6) is -0.425. The molecule has 0 radical (unpaired) electrons. The van der Waals surface area contributed by atoms with Gasteiger partial charge in [0.1, 0.15) is 5.75 Å². The molecule has 0 aromatic heterocycles. The van der Waals surface area contributed by atoms with Crippen LogP contribution < -0.4 is 10.1 Å². The van der Waals surface area contributed by atoms with Crippen LogP contribution in [0.2, 0.25) is 0 Å². The maximum absolute atomic E-state index is 12.5. The molecule has 29 heavy (non-hydrogen) atoms. The van der Waals surface area contributed by atoms with Gasteiger partial charge < -0.3 is 10.1 Å². The van der Waals surface area contributed by atoms with Crippen LogP contribution in [0.3, 0.4) is 0 Å². The predicted octanol–water partition coefficient (Wildman–Crippen LogP) is 3.28. The zero-order chi connectivity index (χ0) is 21.6. The fourth-order valence-corrected chi connectivity index (χ4v) is 3.79. The summed E-state index contributed by atoms with van der Waals surface area (Å²) in [4.78, 5) is 23.0. The van der Waals surface area contributed by atoms with Gasteiger partial charge in [-0.25, -0.2) is 12.7 Å². The lowest BCUT2D eigenvalue weighted by molar-refractivity contribution is -0.384. The lowest BCUT2D eigenvalue weighted by atomic mass is 10.1. The largest absolute Gasteiger partial charge is 0.496 e. The van der Waals surface area contributed by atoms with Crippen molar-refractivity contribution in [1.82, 2.24) is 4.31 Å². The van der Waals surface area contributed by atoms with Crippen LogP contribution in [0.5, 0.6) is 5.75 Å². The van der Waals surface area contributed by atoms with Crippen molar-refractivity contribution in [2.75, 3.05) is 26.0 Å². The molecule has 10 heteroatoms. The molecule has 2 rings (SSSR count). The van der Waals surface area contributed by atoms with Gasteiger partial charge in [0, 0.05) is 31.4 Å². The zero-order valence-electron chi connectivity index (χ0n) is 16.4. The van der Waals surface area contributed by atoms with Crippen LogP contribution in [0.25, 0.3) is 0 Å². The molecule has 0 aliphatic rings. The predicted molar refractivity (Wildman–Crippen MR) is 109 cm³/mol. The number of nitro benzene ring substituents is 1. The molecule has 2 aromatic carbocycles. The lowest BCUT2D eigenvalue weighted by Crippen LogP contribution is -2.27. The first-order valence-corrected chi connectivity index (χ1v) is 10.3. The normalized spacial score (nSPS) is 11.3. The van der Waals surface area contributed by atoms with Gasteiger partial charge >= 0.3 is 0 Å². The molecule has 1 amide bonds. The molecule has 0 saturated carbocycles. The monoisotopic (exact) mass is 421 g/mol. The number of nitrogens with one attached hydrogen (secondary N) is 1. The van der Waals surface area contributed by atoms with Crippen molar-refractivity contribution in [3.63, 3.8) is 0 Å². The summed E-state index contributed by atoms with van der Waals surface area (Å²) in [6.45, 7) is 2.40. The van der Waals surface area contributed by atoms with Crippen LogP contribution in [-0.2, 0) is 10.0 Å². The SMILES string of the molecule is CCCCN(C)S(=O)(=O)c1ccc(NC(=O)c2cc([N+](=O)[O-])ccc2OC)cc1. The molecule has 0 spiro atoms. The first-order valence-electron chi connectivity index (χ1n) is 8.91. The van der Waals surface area contributed by atoms with E-state index in [1.807, 2.05) is 6.92 Å². The van der Waals surface area contributed by atoms with Crippen molar-refractivity contribution in [1.29, 1.82) is 0 Å². The van der Waals surface area contributed by atoms with E-state index < -0.39 is 20.9 Å². The fraction of sp³-hybridized carbons (Fsp3) is 0.316. The number of benzene rings is 2. The molecule has 0 aliphatic carbocycles. The van der Waals surface area contributed by atoms with Crippen molar-refractivity contribution >= 4 is 27.3 Å². The van der Waals surface area contributed by atoms with Crippen LogP contribution in [0, 0.1) is 10.1 Å². The van der Waals surface area contributed by atoms with Gasteiger partial charge in [-0.2, -0.15) is 0 Å². The van der Waals surface area contributed by atoms with Crippen LogP contribution in [0.4, 0.5) is 11.4 Å². The van der Waals surface area contributed by atoms with Gasteiger partial charge in [-0.3, -0.25) is 14.9 Å². The number of ether oxygens (including phenoxy) is 1. The summed E-state index contributed by atoms with van der Waals surface area (Å²) in [5, 5.41) is 13.5. The van der Waals surface area contributed by atoms with Gasteiger partial charge in [-0.1, -0.05) is 13.3 Å². The molecule has 0 bridgehead atoms. The van der Waals surface area contributed by atoms with Crippen molar-refractivity contribution in [2.24, 2.45) is 0 Å². The molecule has 1 N–H and O–H groups in total. The van der Waals surface area contributed by atoms with Crippen molar-refractivity contribution in [2.45, 2.75) is 24.7 Å². The third-order valence-corrected chi connectivity index (χ3v) is 6.16. The van der Waals surface area contributed by atoms with Gasteiger partial charge in [0.2, 0.25) is 10.0 Å². The number of nitrogens with zero attached hydrogens (tertiary/aromatic N) is 2. The third kappa shape index (κ3) is 5.30. The summed E-state index contributed by atoms with van der Waals surface area (Å²) in [6, 6.07) is 9.43. The topological polar surface area (TPSA) is 119 Å². The Morgan fingerprint density at radius 3 is 2.41 bits per heavy atom. The van der Waals surface area contributed by atoms with E-state index in [9.17, 15) is 23.3 Å². The Bertz CT molecular complexity index is 990. The van der Waals surface area contributed by atoms with E-state index in [-0.39, 0.29) is 21.9 Å². The molecule has 0 atom stereocenters. The first-order chi connectivity index (χ1) is 13.7. The Hall–Kier alpha value is -2.98. The molecule has 0 unspecified atom stereocenters. The molecule has 9 nitrogen and oxygen atoms in total. The summed E-state index contributed by atoms with van der Waals surface area (Å²) in [7, 11) is -0.732. The molecular formula is C19H23N3O6S. The van der Waals surface area contributed by atoms with Crippen molar-refractivity contribution in [3.8, 4) is 5.75 Å². The highest BCUT2D eigenvalue weighted by Gasteiger charge is 2.21. The molecule has 0 aliphatic heterocycles. The van der Waals surface area contributed by atoms with E-state index in [2.05, 4.69) is 5.32 Å². The molecule has 0 heterocycles. The number of unbranched alkanes of at least 4 members (excludes halogenated alkanes) is 1. The number of anilines is 1. The number of amides is 1. The standard InChI is InChI=1S/C19H23N3O6S/c1-4-5-12-21(2)29(26,27)16-9-6-14(7-10-16)20-19(23)17-13-15(22(24)25)8-11-18(17)28-3/h6-11,13H,4-5,12H2,1-3H3,(H,20,23). The quantitative estimate of drug-likeness (QED) is 0.490. The van der Waals surface area contributed by atoms with Gasteiger partial charge in [-0.15, -0.1) is 0 Å². The molecule has 0 fully saturated rings. The molecule has 156 valence electrons. The fourth-order valence-electron chi connectivity index (χ4n) is 2.58. The number of carbonyl (C=O) groups is 1. The minimum absolute atomic E-state index is 0.00213. The van der Waals surface area contributed by atoms with Gasteiger partial charge in [-0.05, 0) is 36.8 Å². The van der Waals surface area contributed by atoms with Crippen LogP contribution >= 0.6 is 0 Å². The van der Waals surface area contributed by atoms with E-state index in [1.54, 1.807) is 0 Å². The van der Waals surface area contributed by atoms with E-state index in [0.717, 1.165) is 18.9 Å². The number of nitro groups is 1. The van der Waals surface area contributed by atoms with E-state index in [1.165, 1.54) is 54.9 Å². The Kier molecular flexibility index (Phi) is 7.29. The molecular weight excluding hydrogens is 398 g/mol. The van der Waals surface area contributed by atoms with E-state index in [4.69, 9.17) is 4.74 Å². The maximum atomic E-state index is 12.5. The minimum Gasteiger partial charge on any atom is -0.496 e. The van der Waals surface area contributed by atoms with Gasteiger partial charge in [0.15, 0.2) is 0 Å². The highest BCUT2D eigenvalue weighted by atomic mass is 32.2. The average molecular weight is 421 g/mol. The van der Waals surface area contributed by atoms with Crippen LogP contribution in [0.1, 0.15) is 30.1 Å². The lowest BCUT2D eigenvalue weighted by Gasteiger charge is -2.17. The number of methoxy groups -OCH3 is 1. The highest BCUT2D eigenvalue weighted by molar-refractivity contribution is 7.89. The third-order valence-electron chi connectivity index (χ3n) is 4.29. The number of carbonyl (C=O) groups excluding carboxylic acids is 1. The Morgan fingerprint density at radius 1 is 1.21 bits per heavy atom. The summed E-state index contributed by atoms with van der Waals surface area (Å²) < 4.78 is 31.5. The van der Waals surface area contributed by atoms with Crippen molar-refractivity contribution < 1.29 is 22.9 Å². The second kappa shape index (κ2) is 9.48. The van der Waals surface area contributed by atoms with Gasteiger partial charge in [0.25, 0.3) is 11.6 Å². The minimum atomic E-state index is -3.61. The summed E-state index contributed by atoms with van der Waals surface area (Å²) >= 11 is 0. The Labute approximate surface area is 169 Å². The Balaban J connectivity index is 2.21. The second-order valence-electron chi connectivity index (χ2n) is 6.30. The Morgan fingerprint density at radius 2 is 1.86 bits per heavy atom. The van der Waals surface area contributed by atoms with Crippen LogP contribution in [-0.4, -0.2) is 44.3 Å². The van der Waals surface area contributed by atoms with Gasteiger partial charge in [0.05, 0.1) is 22.5 Å². The van der Waals surface area contributed by atoms with Crippen molar-refractivity contribution in [3.05, 3.63) is 58.1 Å². The van der Waals surface area contributed by atoms with Crippen LogP contribution in [0.15, 0.2) is 47.4 Å². The van der Waals surface area contributed by atoms with E-state index in [0.29, 0.717) is 12.2 Å². The average Bonchev–Trinajstić information content (AvgIpc) is 2.71.